The maximum Gasteiger partial charge on any atom is 0.135 e. The molecule has 0 aliphatic heterocycles. The van der Waals surface area contributed by atoms with Gasteiger partial charge >= 0.3 is 0 Å². The molecule has 0 bridgehead atoms. The first-order chi connectivity index (χ1) is 25.3. The number of hydrogen-bond acceptors (Lipinski definition) is 3. The lowest BCUT2D eigenvalue weighted by atomic mass is 9.98. The fourth-order valence-electron chi connectivity index (χ4n) is 7.42. The van der Waals surface area contributed by atoms with Gasteiger partial charge in [-0.05, 0) is 82.4 Å². The van der Waals surface area contributed by atoms with Gasteiger partial charge in [0.25, 0.3) is 0 Å². The van der Waals surface area contributed by atoms with Gasteiger partial charge in [0, 0.05) is 47.9 Å². The van der Waals surface area contributed by atoms with Crippen LogP contribution >= 0.6 is 11.3 Å². The predicted octanol–water partition coefficient (Wildman–Crippen LogP) is 14.4. The van der Waals surface area contributed by atoms with Crippen molar-refractivity contribution in [1.82, 2.24) is 0 Å². The van der Waals surface area contributed by atoms with Gasteiger partial charge in [-0.2, -0.15) is 0 Å². The van der Waals surface area contributed by atoms with E-state index in [0.717, 1.165) is 50.1 Å². The van der Waals surface area contributed by atoms with Crippen molar-refractivity contribution in [3.63, 3.8) is 0 Å². The van der Waals surface area contributed by atoms with E-state index in [2.05, 4.69) is 181 Å². The van der Waals surface area contributed by atoms with Crippen LogP contribution in [-0.2, 0) is 0 Å². The van der Waals surface area contributed by atoms with Crippen LogP contribution in [0.3, 0.4) is 0 Å². The first kappa shape index (κ1) is 29.5. The van der Waals surface area contributed by atoms with Crippen molar-refractivity contribution in [3.05, 3.63) is 188 Å². The van der Waals surface area contributed by atoms with Gasteiger partial charge in [0.1, 0.15) is 11.2 Å². The first-order valence-corrected chi connectivity index (χ1v) is 18.1. The van der Waals surface area contributed by atoms with Crippen LogP contribution in [0.25, 0.3) is 75.5 Å². The minimum Gasteiger partial charge on any atom is -0.456 e. The number of para-hydroxylation sites is 1. The van der Waals surface area contributed by atoms with Gasteiger partial charge in [-0.3, -0.25) is 0 Å². The molecule has 0 aliphatic rings. The van der Waals surface area contributed by atoms with Crippen molar-refractivity contribution >= 4 is 70.5 Å². The van der Waals surface area contributed by atoms with Crippen molar-refractivity contribution < 1.29 is 4.42 Å². The summed E-state index contributed by atoms with van der Waals surface area (Å²) in [7, 11) is 0. The van der Waals surface area contributed by atoms with Crippen molar-refractivity contribution in [2.45, 2.75) is 0 Å². The second kappa shape index (κ2) is 12.2. The second-order valence-corrected chi connectivity index (χ2v) is 14.0. The molecule has 0 saturated carbocycles. The van der Waals surface area contributed by atoms with E-state index in [-0.39, 0.29) is 0 Å². The summed E-state index contributed by atoms with van der Waals surface area (Å²) in [4.78, 5) is 2.41. The van der Waals surface area contributed by atoms with Crippen LogP contribution in [0.2, 0.25) is 0 Å². The monoisotopic (exact) mass is 669 g/mol. The Kier molecular flexibility index (Phi) is 7.04. The van der Waals surface area contributed by atoms with Gasteiger partial charge in [0.15, 0.2) is 0 Å². The minimum absolute atomic E-state index is 0.909. The van der Waals surface area contributed by atoms with Gasteiger partial charge in [-0.15, -0.1) is 11.3 Å². The molecule has 2 nitrogen and oxygen atoms in total. The standard InChI is InChI=1S/C48H31NOS/c1-3-11-32(12-4-1)33-19-24-37(25-20-33)49(38-26-21-34(22-27-38)36-23-30-45-42(31-36)39-15-7-9-17-44(39)50-45)43-29-28-41-40-16-8-10-18-46(40)51-48(41)47(43)35-13-5-2-6-14-35/h1-31H. The highest BCUT2D eigenvalue weighted by atomic mass is 32.1. The van der Waals surface area contributed by atoms with Crippen LogP contribution < -0.4 is 4.90 Å². The lowest BCUT2D eigenvalue weighted by Gasteiger charge is -2.28. The summed E-state index contributed by atoms with van der Waals surface area (Å²) in [6.07, 6.45) is 0. The second-order valence-electron chi connectivity index (χ2n) is 12.9. The molecule has 0 fully saturated rings. The average molecular weight is 670 g/mol. The molecule has 8 aromatic carbocycles. The predicted molar refractivity (Wildman–Crippen MR) is 218 cm³/mol. The smallest absolute Gasteiger partial charge is 0.135 e. The molecule has 0 saturated heterocycles. The number of rotatable bonds is 6. The topological polar surface area (TPSA) is 16.4 Å². The number of anilines is 3. The largest absolute Gasteiger partial charge is 0.456 e. The molecule has 2 heterocycles. The average Bonchev–Trinajstić information content (AvgIpc) is 3.77. The molecule has 0 radical (unpaired) electrons. The van der Waals surface area contributed by atoms with E-state index < -0.39 is 0 Å². The number of hydrogen-bond donors (Lipinski definition) is 0. The quantitative estimate of drug-likeness (QED) is 0.175. The summed E-state index contributed by atoms with van der Waals surface area (Å²) < 4.78 is 8.71. The first-order valence-electron chi connectivity index (χ1n) is 17.3. The van der Waals surface area contributed by atoms with Gasteiger partial charge in [-0.25, -0.2) is 0 Å². The zero-order chi connectivity index (χ0) is 33.7. The highest BCUT2D eigenvalue weighted by Gasteiger charge is 2.22. The molecule has 51 heavy (non-hydrogen) atoms. The van der Waals surface area contributed by atoms with Crippen LogP contribution in [-0.4, -0.2) is 0 Å². The Bertz CT molecular complexity index is 2830. The third kappa shape index (κ3) is 5.10. The van der Waals surface area contributed by atoms with E-state index in [4.69, 9.17) is 4.42 Å². The summed E-state index contributed by atoms with van der Waals surface area (Å²) in [5, 5.41) is 4.86. The van der Waals surface area contributed by atoms with Crippen molar-refractivity contribution in [2.75, 3.05) is 4.90 Å². The molecule has 10 aromatic rings. The van der Waals surface area contributed by atoms with E-state index in [1.54, 1.807) is 0 Å². The number of thiophene rings is 1. The van der Waals surface area contributed by atoms with Crippen molar-refractivity contribution in [1.29, 1.82) is 0 Å². The lowest BCUT2D eigenvalue weighted by Crippen LogP contribution is -2.11. The van der Waals surface area contributed by atoms with E-state index in [9.17, 15) is 0 Å². The molecule has 0 amide bonds. The maximum absolute atomic E-state index is 6.12. The molecule has 0 N–H and O–H groups in total. The Morgan fingerprint density at radius 2 is 0.922 bits per heavy atom. The molecule has 0 aliphatic carbocycles. The lowest BCUT2D eigenvalue weighted by molar-refractivity contribution is 0.669. The Balaban J connectivity index is 1.15. The SMILES string of the molecule is c1ccc(-c2ccc(N(c3ccc(-c4ccc5oc6ccccc6c5c4)cc3)c3ccc4c(sc5ccccc54)c3-c3ccccc3)cc2)cc1. The van der Waals surface area contributed by atoms with Crippen LogP contribution in [0.4, 0.5) is 17.1 Å². The molecule has 2 aromatic heterocycles. The Morgan fingerprint density at radius 3 is 1.65 bits per heavy atom. The Morgan fingerprint density at radius 1 is 0.373 bits per heavy atom. The summed E-state index contributed by atoms with van der Waals surface area (Å²) in [5.41, 5.74) is 12.3. The number of benzene rings is 8. The van der Waals surface area contributed by atoms with Gasteiger partial charge < -0.3 is 9.32 Å². The summed E-state index contributed by atoms with van der Waals surface area (Å²) in [6, 6.07) is 67.5. The zero-order valence-corrected chi connectivity index (χ0v) is 28.5. The van der Waals surface area contributed by atoms with E-state index >= 15 is 0 Å². The van der Waals surface area contributed by atoms with Gasteiger partial charge in [0.2, 0.25) is 0 Å². The Hall–Kier alpha value is -6.42. The van der Waals surface area contributed by atoms with E-state index in [1.807, 2.05) is 23.5 Å². The van der Waals surface area contributed by atoms with Gasteiger partial charge in [-0.1, -0.05) is 133 Å². The third-order valence-electron chi connectivity index (χ3n) is 9.90. The molecule has 0 unspecified atom stereocenters. The molecule has 0 spiro atoms. The molecular formula is C48H31NOS. The maximum atomic E-state index is 6.12. The summed E-state index contributed by atoms with van der Waals surface area (Å²) in [6.45, 7) is 0. The highest BCUT2D eigenvalue weighted by molar-refractivity contribution is 7.26. The van der Waals surface area contributed by atoms with Gasteiger partial charge in [0.05, 0.1) is 5.69 Å². The number of fused-ring (bicyclic) bond motifs is 6. The molecule has 240 valence electrons. The van der Waals surface area contributed by atoms with Crippen molar-refractivity contribution in [2.24, 2.45) is 0 Å². The summed E-state index contributed by atoms with van der Waals surface area (Å²) >= 11 is 1.87. The third-order valence-corrected chi connectivity index (χ3v) is 11.1. The van der Waals surface area contributed by atoms with E-state index in [0.29, 0.717) is 0 Å². The molecule has 10 rings (SSSR count). The van der Waals surface area contributed by atoms with Crippen LogP contribution in [0.15, 0.2) is 192 Å². The van der Waals surface area contributed by atoms with Crippen LogP contribution in [0.5, 0.6) is 0 Å². The van der Waals surface area contributed by atoms with Crippen molar-refractivity contribution in [3.8, 4) is 33.4 Å². The van der Waals surface area contributed by atoms with E-state index in [1.165, 1.54) is 42.4 Å². The fourth-order valence-corrected chi connectivity index (χ4v) is 8.68. The molecule has 3 heteroatoms. The highest BCUT2D eigenvalue weighted by Crippen LogP contribution is 2.48. The van der Waals surface area contributed by atoms with Crippen LogP contribution in [0.1, 0.15) is 0 Å². The Labute approximate surface area is 300 Å². The fraction of sp³-hybridized carbons (Fsp3) is 0. The summed E-state index contributed by atoms with van der Waals surface area (Å²) in [5.74, 6) is 0. The minimum atomic E-state index is 0.909. The normalized spacial score (nSPS) is 11.5. The number of nitrogens with zero attached hydrogens (tertiary/aromatic N) is 1. The molecule has 0 atom stereocenters. The zero-order valence-electron chi connectivity index (χ0n) is 27.7. The van der Waals surface area contributed by atoms with Crippen LogP contribution in [0, 0.1) is 0 Å². The molecular weight excluding hydrogens is 639 g/mol. The number of furan rings is 1.